The van der Waals surface area contributed by atoms with Crippen molar-refractivity contribution >= 4 is 11.8 Å². The van der Waals surface area contributed by atoms with Crippen LogP contribution in [0.5, 0.6) is 0 Å². The van der Waals surface area contributed by atoms with Gasteiger partial charge in [0.05, 0.1) is 0 Å². The van der Waals surface area contributed by atoms with Gasteiger partial charge in [0.25, 0.3) is 0 Å². The van der Waals surface area contributed by atoms with E-state index >= 15 is 0 Å². The first-order valence-corrected chi connectivity index (χ1v) is 4.26. The molecule has 2 rings (SSSR count). The molecule has 0 radical (unpaired) electrons. The molecule has 1 aromatic carbocycles. The zero-order chi connectivity index (χ0) is 6.10. The summed E-state index contributed by atoms with van der Waals surface area (Å²) in [5.41, 5.74) is 2.95. The summed E-state index contributed by atoms with van der Waals surface area (Å²) in [6.07, 6.45) is 0. The third-order valence-corrected chi connectivity index (χ3v) is 2.60. The summed E-state index contributed by atoms with van der Waals surface area (Å²) in [6.45, 7) is 0. The third kappa shape index (κ3) is 0.969. The molecule has 1 heterocycles. The topological polar surface area (TPSA) is 0 Å². The first kappa shape index (κ1) is 5.36. The van der Waals surface area contributed by atoms with Crippen LogP contribution in [0.1, 0.15) is 11.1 Å². The summed E-state index contributed by atoms with van der Waals surface area (Å²) in [5.74, 6) is 2.40. The molecular weight excluding hydrogens is 128 g/mol. The number of thioether (sulfide) groups is 1. The predicted octanol–water partition coefficient (Wildman–Crippen LogP) is 2.43. The van der Waals surface area contributed by atoms with Crippen LogP contribution in [0.2, 0.25) is 0 Å². The normalized spacial score (nSPS) is 15.6. The summed E-state index contributed by atoms with van der Waals surface area (Å²) in [4.78, 5) is 0. The zero-order valence-electron chi connectivity index (χ0n) is 5.13. The standard InChI is InChI=1S/C8H8S/c1-2-7-4-8(3-1)6-9-5-7/h1-4H,5-6H2. The molecule has 0 N–H and O–H groups in total. The maximum Gasteiger partial charge on any atom is 0.0188 e. The van der Waals surface area contributed by atoms with Gasteiger partial charge >= 0.3 is 0 Å². The first-order valence-electron chi connectivity index (χ1n) is 3.11. The molecule has 0 atom stereocenters. The molecule has 0 amide bonds. The van der Waals surface area contributed by atoms with Crippen LogP contribution in [0.3, 0.4) is 0 Å². The van der Waals surface area contributed by atoms with Crippen LogP contribution in [-0.2, 0) is 11.5 Å². The molecular formula is C8H8S. The Bertz CT molecular complexity index is 198. The SMILES string of the molecule is c1cc2cc(c1)CSC2. The summed E-state index contributed by atoms with van der Waals surface area (Å²) >= 11 is 2.00. The number of benzene rings is 1. The molecule has 1 aromatic rings. The molecule has 0 fully saturated rings. The highest BCUT2D eigenvalue weighted by Crippen LogP contribution is 2.23. The lowest BCUT2D eigenvalue weighted by atomic mass is 10.2. The minimum Gasteiger partial charge on any atom is -0.152 e. The maximum absolute atomic E-state index is 2.29. The molecule has 1 heteroatoms. The molecule has 9 heavy (non-hydrogen) atoms. The Kier molecular flexibility index (Phi) is 1.23. The van der Waals surface area contributed by atoms with Gasteiger partial charge in [0.15, 0.2) is 0 Å². The molecule has 0 aliphatic carbocycles. The second kappa shape index (κ2) is 2.07. The molecule has 1 aliphatic rings. The summed E-state index contributed by atoms with van der Waals surface area (Å²) in [5, 5.41) is 0. The molecule has 46 valence electrons. The Labute approximate surface area is 59.3 Å². The van der Waals surface area contributed by atoms with Gasteiger partial charge in [0.1, 0.15) is 0 Å². The molecule has 0 unspecified atom stereocenters. The van der Waals surface area contributed by atoms with Crippen molar-refractivity contribution in [3.8, 4) is 0 Å². The van der Waals surface area contributed by atoms with Crippen LogP contribution in [0, 0.1) is 0 Å². The van der Waals surface area contributed by atoms with Gasteiger partial charge in [-0.05, 0) is 11.1 Å². The monoisotopic (exact) mass is 136 g/mol. The summed E-state index contributed by atoms with van der Waals surface area (Å²) < 4.78 is 0. The van der Waals surface area contributed by atoms with E-state index in [9.17, 15) is 0 Å². The lowest BCUT2D eigenvalue weighted by molar-refractivity contribution is 1.28. The summed E-state index contributed by atoms with van der Waals surface area (Å²) in [7, 11) is 0. The van der Waals surface area contributed by atoms with Gasteiger partial charge in [-0.1, -0.05) is 24.3 Å². The number of fused-ring (bicyclic) bond motifs is 2. The summed E-state index contributed by atoms with van der Waals surface area (Å²) in [6, 6.07) is 8.81. The van der Waals surface area contributed by atoms with E-state index in [0.717, 1.165) is 0 Å². The molecule has 0 saturated heterocycles. The maximum atomic E-state index is 2.29. The molecule has 2 bridgehead atoms. The van der Waals surface area contributed by atoms with E-state index in [2.05, 4.69) is 24.3 Å². The van der Waals surface area contributed by atoms with Gasteiger partial charge in [-0.15, -0.1) is 0 Å². The highest BCUT2D eigenvalue weighted by atomic mass is 32.2. The van der Waals surface area contributed by atoms with Gasteiger partial charge in [-0.3, -0.25) is 0 Å². The number of hydrogen-bond donors (Lipinski definition) is 0. The van der Waals surface area contributed by atoms with Crippen LogP contribution in [-0.4, -0.2) is 0 Å². The van der Waals surface area contributed by atoms with Crippen molar-refractivity contribution < 1.29 is 0 Å². The van der Waals surface area contributed by atoms with Gasteiger partial charge in [0, 0.05) is 11.5 Å². The second-order valence-electron chi connectivity index (χ2n) is 2.31. The zero-order valence-corrected chi connectivity index (χ0v) is 5.95. The third-order valence-electron chi connectivity index (χ3n) is 1.53. The van der Waals surface area contributed by atoms with E-state index in [1.165, 1.54) is 22.6 Å². The van der Waals surface area contributed by atoms with Crippen LogP contribution >= 0.6 is 11.8 Å². The van der Waals surface area contributed by atoms with E-state index in [1.807, 2.05) is 11.8 Å². The van der Waals surface area contributed by atoms with Gasteiger partial charge < -0.3 is 0 Å². The van der Waals surface area contributed by atoms with E-state index in [4.69, 9.17) is 0 Å². The minimum absolute atomic E-state index is 1.20. The van der Waals surface area contributed by atoms with E-state index in [0.29, 0.717) is 0 Å². The van der Waals surface area contributed by atoms with Crippen molar-refractivity contribution in [2.45, 2.75) is 11.5 Å². The number of rotatable bonds is 0. The quantitative estimate of drug-likeness (QED) is 0.528. The Hall–Kier alpha value is -0.430. The van der Waals surface area contributed by atoms with Crippen molar-refractivity contribution in [1.82, 2.24) is 0 Å². The average molecular weight is 136 g/mol. The molecule has 0 saturated carbocycles. The Morgan fingerprint density at radius 3 is 2.33 bits per heavy atom. The smallest absolute Gasteiger partial charge is 0.0188 e. The van der Waals surface area contributed by atoms with E-state index in [1.54, 1.807) is 0 Å². The van der Waals surface area contributed by atoms with E-state index in [-0.39, 0.29) is 0 Å². The van der Waals surface area contributed by atoms with Crippen LogP contribution < -0.4 is 0 Å². The van der Waals surface area contributed by atoms with Gasteiger partial charge in [-0.2, -0.15) is 11.8 Å². The predicted molar refractivity (Wildman–Crippen MR) is 41.4 cm³/mol. The van der Waals surface area contributed by atoms with Crippen molar-refractivity contribution in [3.63, 3.8) is 0 Å². The second-order valence-corrected chi connectivity index (χ2v) is 3.30. The largest absolute Gasteiger partial charge is 0.152 e. The van der Waals surface area contributed by atoms with Gasteiger partial charge in [-0.25, -0.2) is 0 Å². The Morgan fingerprint density at radius 1 is 1.11 bits per heavy atom. The molecule has 0 spiro atoms. The van der Waals surface area contributed by atoms with Crippen LogP contribution in [0.15, 0.2) is 24.3 Å². The minimum atomic E-state index is 1.20. The fourth-order valence-electron chi connectivity index (χ4n) is 1.10. The van der Waals surface area contributed by atoms with E-state index < -0.39 is 0 Å². The Balaban J connectivity index is 2.53. The van der Waals surface area contributed by atoms with Crippen molar-refractivity contribution in [3.05, 3.63) is 35.4 Å². The number of hydrogen-bond acceptors (Lipinski definition) is 1. The lowest BCUT2D eigenvalue weighted by Crippen LogP contribution is -1.91. The fraction of sp³-hybridized carbons (Fsp3) is 0.250. The lowest BCUT2D eigenvalue weighted by Gasteiger charge is -2.09. The average Bonchev–Trinajstić information content (AvgIpc) is 1.88. The highest BCUT2D eigenvalue weighted by Gasteiger charge is 2.02. The molecule has 0 aromatic heterocycles. The Morgan fingerprint density at radius 2 is 1.78 bits per heavy atom. The van der Waals surface area contributed by atoms with Crippen molar-refractivity contribution in [2.24, 2.45) is 0 Å². The van der Waals surface area contributed by atoms with Crippen molar-refractivity contribution in [1.29, 1.82) is 0 Å². The molecule has 0 nitrogen and oxygen atoms in total. The first-order chi connectivity index (χ1) is 4.45. The van der Waals surface area contributed by atoms with Crippen molar-refractivity contribution in [2.75, 3.05) is 0 Å². The fourth-order valence-corrected chi connectivity index (χ4v) is 2.03. The highest BCUT2D eigenvalue weighted by molar-refractivity contribution is 7.97. The van der Waals surface area contributed by atoms with Gasteiger partial charge in [0.2, 0.25) is 0 Å². The van der Waals surface area contributed by atoms with Crippen LogP contribution in [0.4, 0.5) is 0 Å². The molecule has 1 aliphatic heterocycles. The van der Waals surface area contributed by atoms with Crippen LogP contribution in [0.25, 0.3) is 0 Å².